The molecule has 0 unspecified atom stereocenters. The summed E-state index contributed by atoms with van der Waals surface area (Å²) in [5.41, 5.74) is 1.72. The maximum atomic E-state index is 12.8. The normalized spacial score (nSPS) is 16.2. The summed E-state index contributed by atoms with van der Waals surface area (Å²) in [6.07, 6.45) is 0. The summed E-state index contributed by atoms with van der Waals surface area (Å²) >= 11 is 1.07. The molecule has 2 aromatic rings. The number of hydrogen-bond acceptors (Lipinski definition) is 6. The fourth-order valence-electron chi connectivity index (χ4n) is 2.88. The highest BCUT2D eigenvalue weighted by Crippen LogP contribution is 2.22. The van der Waals surface area contributed by atoms with Gasteiger partial charge >= 0.3 is 0 Å². The minimum absolute atomic E-state index is 0.129. The molecule has 1 aliphatic rings. The Bertz CT molecular complexity index is 883. The van der Waals surface area contributed by atoms with Crippen molar-refractivity contribution in [1.29, 1.82) is 0 Å². The quantitative estimate of drug-likeness (QED) is 0.793. The number of amides is 1. The van der Waals surface area contributed by atoms with Crippen molar-refractivity contribution < 1.29 is 13.2 Å². The smallest absolute Gasteiger partial charge is 0.267 e. The van der Waals surface area contributed by atoms with Crippen LogP contribution in [0.4, 0.5) is 0 Å². The first-order valence-corrected chi connectivity index (χ1v) is 10.7. The molecule has 2 heterocycles. The molecule has 7 nitrogen and oxygen atoms in total. The van der Waals surface area contributed by atoms with E-state index in [9.17, 15) is 13.2 Å². The summed E-state index contributed by atoms with van der Waals surface area (Å²) in [7, 11) is -3.54. The first kappa shape index (κ1) is 18.9. The number of rotatable bonds is 4. The molecule has 1 aromatic heterocycles. The second-order valence-electron chi connectivity index (χ2n) is 6.61. The molecule has 0 saturated carbocycles. The van der Waals surface area contributed by atoms with Gasteiger partial charge in [0.05, 0.1) is 10.6 Å². The number of nitrogens with zero attached hydrogens (tertiary/aromatic N) is 4. The molecule has 140 valence electrons. The zero-order valence-electron chi connectivity index (χ0n) is 15.0. The van der Waals surface area contributed by atoms with Gasteiger partial charge in [-0.3, -0.25) is 4.79 Å². The SMILES string of the molecule is Cc1nnsc1C(=O)N1CCN(S(=O)(=O)c2ccc(C(C)C)cc2)CC1. The number of aryl methyl sites for hydroxylation is 1. The number of hydrogen-bond donors (Lipinski definition) is 0. The van der Waals surface area contributed by atoms with E-state index in [0.29, 0.717) is 34.5 Å². The average molecular weight is 395 g/mol. The highest BCUT2D eigenvalue weighted by Gasteiger charge is 2.31. The monoisotopic (exact) mass is 394 g/mol. The number of benzene rings is 1. The molecule has 9 heteroatoms. The molecular weight excluding hydrogens is 372 g/mol. The molecular formula is C17H22N4O3S2. The Balaban J connectivity index is 1.68. The molecule has 0 radical (unpaired) electrons. The third-order valence-electron chi connectivity index (χ3n) is 4.56. The van der Waals surface area contributed by atoms with E-state index in [4.69, 9.17) is 0 Å². The van der Waals surface area contributed by atoms with E-state index in [0.717, 1.165) is 17.1 Å². The fraction of sp³-hybridized carbons (Fsp3) is 0.471. The van der Waals surface area contributed by atoms with Crippen molar-refractivity contribution in [1.82, 2.24) is 18.8 Å². The zero-order chi connectivity index (χ0) is 18.9. The van der Waals surface area contributed by atoms with Crippen LogP contribution in [0.3, 0.4) is 0 Å². The molecule has 0 bridgehead atoms. The highest BCUT2D eigenvalue weighted by atomic mass is 32.2. The Hall–Kier alpha value is -1.84. The van der Waals surface area contributed by atoms with Crippen LogP contribution >= 0.6 is 11.5 Å². The molecule has 1 saturated heterocycles. The number of carbonyl (C=O) groups is 1. The third kappa shape index (κ3) is 3.65. The van der Waals surface area contributed by atoms with Crippen molar-refractivity contribution in [2.24, 2.45) is 0 Å². The van der Waals surface area contributed by atoms with Crippen LogP contribution in [0.2, 0.25) is 0 Å². The van der Waals surface area contributed by atoms with Gasteiger partial charge in [0.1, 0.15) is 4.88 Å². The fourth-order valence-corrected chi connectivity index (χ4v) is 4.92. The van der Waals surface area contributed by atoms with E-state index in [-0.39, 0.29) is 19.0 Å². The van der Waals surface area contributed by atoms with Crippen LogP contribution in [0.25, 0.3) is 0 Å². The molecule has 0 aliphatic carbocycles. The molecule has 0 N–H and O–H groups in total. The topological polar surface area (TPSA) is 83.5 Å². The number of aromatic nitrogens is 2. The van der Waals surface area contributed by atoms with Gasteiger partial charge in [0.2, 0.25) is 10.0 Å². The summed E-state index contributed by atoms with van der Waals surface area (Å²) in [6, 6.07) is 7.04. The van der Waals surface area contributed by atoms with Crippen molar-refractivity contribution in [3.05, 3.63) is 40.4 Å². The van der Waals surface area contributed by atoms with Crippen molar-refractivity contribution in [3.8, 4) is 0 Å². The maximum absolute atomic E-state index is 12.8. The van der Waals surface area contributed by atoms with Crippen molar-refractivity contribution >= 4 is 27.5 Å². The summed E-state index contributed by atoms with van der Waals surface area (Å²) in [5.74, 6) is 0.224. The standard InChI is InChI=1S/C17H22N4O3S2/c1-12(2)14-4-6-15(7-5-14)26(23,24)21-10-8-20(9-11-21)17(22)16-13(3)18-19-25-16/h4-7,12H,8-11H2,1-3H3. The highest BCUT2D eigenvalue weighted by molar-refractivity contribution is 7.89. The van der Waals surface area contributed by atoms with Crippen LogP contribution in [0.5, 0.6) is 0 Å². The third-order valence-corrected chi connectivity index (χ3v) is 7.28. The molecule has 1 amide bonds. The van der Waals surface area contributed by atoms with E-state index in [1.807, 2.05) is 12.1 Å². The first-order chi connectivity index (χ1) is 12.3. The maximum Gasteiger partial charge on any atom is 0.267 e. The summed E-state index contributed by atoms with van der Waals surface area (Å²) in [5, 5.41) is 3.86. The van der Waals surface area contributed by atoms with Gasteiger partial charge in [-0.2, -0.15) is 4.31 Å². The lowest BCUT2D eigenvalue weighted by molar-refractivity contribution is 0.0702. The lowest BCUT2D eigenvalue weighted by Crippen LogP contribution is -2.50. The Morgan fingerprint density at radius 3 is 2.23 bits per heavy atom. The molecule has 0 spiro atoms. The van der Waals surface area contributed by atoms with Crippen LogP contribution in [-0.4, -0.2) is 59.3 Å². The average Bonchev–Trinajstić information content (AvgIpc) is 3.07. The van der Waals surface area contributed by atoms with Gasteiger partial charge in [-0.25, -0.2) is 8.42 Å². The van der Waals surface area contributed by atoms with Gasteiger partial charge in [0, 0.05) is 26.2 Å². The summed E-state index contributed by atoms with van der Waals surface area (Å²) in [4.78, 5) is 15.0. The Kier molecular flexibility index (Phi) is 5.40. The van der Waals surface area contributed by atoms with Gasteiger partial charge < -0.3 is 4.90 Å². The van der Waals surface area contributed by atoms with Gasteiger partial charge in [-0.15, -0.1) is 5.10 Å². The second kappa shape index (κ2) is 7.42. The van der Waals surface area contributed by atoms with Gasteiger partial charge in [0.15, 0.2) is 0 Å². The predicted molar refractivity (Wildman–Crippen MR) is 99.8 cm³/mol. The Labute approximate surface area is 157 Å². The molecule has 1 aromatic carbocycles. The van der Waals surface area contributed by atoms with E-state index >= 15 is 0 Å². The first-order valence-electron chi connectivity index (χ1n) is 8.49. The van der Waals surface area contributed by atoms with Crippen molar-refractivity contribution in [2.75, 3.05) is 26.2 Å². The zero-order valence-corrected chi connectivity index (χ0v) is 16.7. The van der Waals surface area contributed by atoms with Gasteiger partial charge in [-0.05, 0) is 42.1 Å². The predicted octanol–water partition coefficient (Wildman–Crippen LogP) is 2.12. The lowest BCUT2D eigenvalue weighted by atomic mass is 10.0. The lowest BCUT2D eigenvalue weighted by Gasteiger charge is -2.33. The van der Waals surface area contributed by atoms with E-state index in [2.05, 4.69) is 23.4 Å². The van der Waals surface area contributed by atoms with Crippen LogP contribution in [0, 0.1) is 6.92 Å². The molecule has 0 atom stereocenters. The van der Waals surface area contributed by atoms with E-state index in [1.54, 1.807) is 24.0 Å². The Morgan fingerprint density at radius 1 is 1.12 bits per heavy atom. The van der Waals surface area contributed by atoms with E-state index in [1.165, 1.54) is 4.31 Å². The van der Waals surface area contributed by atoms with Crippen molar-refractivity contribution in [3.63, 3.8) is 0 Å². The number of carbonyl (C=O) groups excluding carboxylic acids is 1. The molecule has 26 heavy (non-hydrogen) atoms. The van der Waals surface area contributed by atoms with Crippen LogP contribution < -0.4 is 0 Å². The van der Waals surface area contributed by atoms with Gasteiger partial charge in [-0.1, -0.05) is 30.5 Å². The van der Waals surface area contributed by atoms with Gasteiger partial charge in [0.25, 0.3) is 5.91 Å². The molecule has 1 aliphatic heterocycles. The van der Waals surface area contributed by atoms with Crippen LogP contribution in [0.15, 0.2) is 29.2 Å². The van der Waals surface area contributed by atoms with E-state index < -0.39 is 10.0 Å². The Morgan fingerprint density at radius 2 is 1.73 bits per heavy atom. The van der Waals surface area contributed by atoms with Crippen molar-refractivity contribution in [2.45, 2.75) is 31.6 Å². The second-order valence-corrected chi connectivity index (χ2v) is 9.30. The summed E-state index contributed by atoms with van der Waals surface area (Å²) < 4.78 is 30.9. The largest absolute Gasteiger partial charge is 0.335 e. The van der Waals surface area contributed by atoms with Crippen LogP contribution in [0.1, 0.15) is 40.7 Å². The number of sulfonamides is 1. The number of piperazine rings is 1. The minimum atomic E-state index is -3.54. The van der Waals surface area contributed by atoms with Crippen LogP contribution in [-0.2, 0) is 10.0 Å². The minimum Gasteiger partial charge on any atom is -0.335 e. The summed E-state index contributed by atoms with van der Waals surface area (Å²) in [6.45, 7) is 7.17. The molecule has 3 rings (SSSR count). The molecule has 1 fully saturated rings.